The molecule has 1 aromatic heterocycles. The Balaban J connectivity index is 2.17. The molecule has 3 rings (SSSR count). The Hall–Kier alpha value is -3.13. The van der Waals surface area contributed by atoms with E-state index in [1.165, 1.54) is 0 Å². The number of rotatable bonds is 3. The number of hydrogen-bond acceptors (Lipinski definition) is 3. The molecule has 2 aromatic carbocycles. The summed E-state index contributed by atoms with van der Waals surface area (Å²) < 4.78 is 2.05. The van der Waals surface area contributed by atoms with E-state index in [2.05, 4.69) is 11.1 Å². The molecule has 0 aliphatic carbocycles. The second-order valence-electron chi connectivity index (χ2n) is 4.88. The highest BCUT2D eigenvalue weighted by Crippen LogP contribution is 2.25. The van der Waals surface area contributed by atoms with E-state index in [9.17, 15) is 4.79 Å². The van der Waals surface area contributed by atoms with Crippen LogP contribution in [0.4, 0.5) is 0 Å². The Bertz CT molecular complexity index is 902. The summed E-state index contributed by atoms with van der Waals surface area (Å²) in [6, 6.07) is 14.2. The van der Waals surface area contributed by atoms with Gasteiger partial charge in [0.25, 0.3) is 0 Å². The Kier molecular flexibility index (Phi) is 3.36. The third-order valence-corrected chi connectivity index (χ3v) is 3.58. The number of hydrogen-bond donors (Lipinski definition) is 1. The van der Waals surface area contributed by atoms with Crippen LogP contribution in [0.5, 0.6) is 0 Å². The van der Waals surface area contributed by atoms with Crippen molar-refractivity contribution in [2.24, 2.45) is 0 Å². The van der Waals surface area contributed by atoms with Gasteiger partial charge in [-0.25, -0.2) is 9.78 Å². The zero-order valence-corrected chi connectivity index (χ0v) is 11.9. The average molecular weight is 291 g/mol. The van der Waals surface area contributed by atoms with Gasteiger partial charge in [0.05, 0.1) is 28.2 Å². The summed E-state index contributed by atoms with van der Waals surface area (Å²) in [6.07, 6.45) is 0. The fourth-order valence-corrected chi connectivity index (χ4v) is 2.50. The molecule has 22 heavy (non-hydrogen) atoms. The summed E-state index contributed by atoms with van der Waals surface area (Å²) in [6.45, 7) is 2.76. The minimum atomic E-state index is -0.950. The van der Waals surface area contributed by atoms with Crippen LogP contribution in [0.2, 0.25) is 0 Å². The number of imidazole rings is 1. The van der Waals surface area contributed by atoms with E-state index < -0.39 is 5.97 Å². The maximum absolute atomic E-state index is 10.9. The number of carboxylic acid groups (broad SMARTS) is 1. The first-order chi connectivity index (χ1) is 10.6. The van der Waals surface area contributed by atoms with Gasteiger partial charge in [-0.05, 0) is 37.3 Å². The van der Waals surface area contributed by atoms with Gasteiger partial charge in [-0.2, -0.15) is 5.26 Å². The Morgan fingerprint density at radius 2 is 2.00 bits per heavy atom. The molecule has 0 saturated carbocycles. The van der Waals surface area contributed by atoms with Crippen LogP contribution in [0, 0.1) is 11.3 Å². The second-order valence-corrected chi connectivity index (χ2v) is 4.88. The van der Waals surface area contributed by atoms with Gasteiger partial charge >= 0.3 is 5.97 Å². The fourth-order valence-electron chi connectivity index (χ4n) is 2.50. The lowest BCUT2D eigenvalue weighted by Crippen LogP contribution is -1.99. The van der Waals surface area contributed by atoms with Crippen molar-refractivity contribution in [2.45, 2.75) is 13.5 Å². The molecule has 0 amide bonds. The van der Waals surface area contributed by atoms with E-state index in [1.807, 2.05) is 17.6 Å². The minimum Gasteiger partial charge on any atom is -0.478 e. The van der Waals surface area contributed by atoms with Crippen molar-refractivity contribution in [1.29, 1.82) is 5.26 Å². The van der Waals surface area contributed by atoms with Crippen LogP contribution in [0.15, 0.2) is 42.5 Å². The lowest BCUT2D eigenvalue weighted by molar-refractivity contribution is 0.0697. The number of aromatic nitrogens is 2. The highest BCUT2D eigenvalue weighted by Gasteiger charge is 2.12. The predicted molar refractivity (Wildman–Crippen MR) is 82.5 cm³/mol. The molecule has 1 heterocycles. The van der Waals surface area contributed by atoms with Crippen LogP contribution in [0.25, 0.3) is 22.4 Å². The number of aromatic carboxylic acids is 1. The average Bonchev–Trinajstić information content (AvgIpc) is 2.92. The van der Waals surface area contributed by atoms with E-state index in [0.717, 1.165) is 29.0 Å². The van der Waals surface area contributed by atoms with Gasteiger partial charge in [0.2, 0.25) is 0 Å². The molecule has 0 radical (unpaired) electrons. The molecule has 0 bridgehead atoms. The SMILES string of the molecule is CCn1c(-c2ccc(C(=O)O)cc2)nc2cc(C#N)ccc21. The van der Waals surface area contributed by atoms with E-state index in [-0.39, 0.29) is 5.56 Å². The quantitative estimate of drug-likeness (QED) is 0.803. The van der Waals surface area contributed by atoms with Gasteiger partial charge in [0, 0.05) is 12.1 Å². The number of carboxylic acids is 1. The van der Waals surface area contributed by atoms with Crippen molar-refractivity contribution in [3.8, 4) is 17.5 Å². The van der Waals surface area contributed by atoms with Gasteiger partial charge < -0.3 is 9.67 Å². The zero-order valence-electron chi connectivity index (χ0n) is 11.9. The molecule has 0 saturated heterocycles. The summed E-state index contributed by atoms with van der Waals surface area (Å²) in [5, 5.41) is 18.0. The molecule has 0 aliphatic heterocycles. The van der Waals surface area contributed by atoms with Crippen molar-refractivity contribution in [2.75, 3.05) is 0 Å². The molecule has 5 heteroatoms. The number of benzene rings is 2. The van der Waals surface area contributed by atoms with Crippen molar-refractivity contribution < 1.29 is 9.90 Å². The van der Waals surface area contributed by atoms with Crippen molar-refractivity contribution >= 4 is 17.0 Å². The maximum atomic E-state index is 10.9. The first kappa shape index (κ1) is 13.8. The molecule has 0 atom stereocenters. The van der Waals surface area contributed by atoms with Gasteiger partial charge in [0.1, 0.15) is 5.82 Å². The van der Waals surface area contributed by atoms with Gasteiger partial charge in [-0.1, -0.05) is 12.1 Å². The first-order valence-corrected chi connectivity index (χ1v) is 6.88. The van der Waals surface area contributed by atoms with Crippen molar-refractivity contribution in [3.63, 3.8) is 0 Å². The Morgan fingerprint density at radius 3 is 2.59 bits per heavy atom. The van der Waals surface area contributed by atoms with E-state index in [4.69, 9.17) is 10.4 Å². The number of fused-ring (bicyclic) bond motifs is 1. The van der Waals surface area contributed by atoms with E-state index in [1.54, 1.807) is 36.4 Å². The molecule has 0 aliphatic rings. The summed E-state index contributed by atoms with van der Waals surface area (Å²) >= 11 is 0. The standard InChI is InChI=1S/C17H13N3O2/c1-2-20-15-8-3-11(10-18)9-14(15)19-16(20)12-4-6-13(7-5-12)17(21)22/h3-9H,2H2,1H3,(H,21,22). The van der Waals surface area contributed by atoms with E-state index in [0.29, 0.717) is 5.56 Å². The zero-order chi connectivity index (χ0) is 15.7. The third-order valence-electron chi connectivity index (χ3n) is 3.58. The molecule has 0 fully saturated rings. The fraction of sp³-hybridized carbons (Fsp3) is 0.118. The first-order valence-electron chi connectivity index (χ1n) is 6.88. The lowest BCUT2D eigenvalue weighted by Gasteiger charge is -2.06. The van der Waals surface area contributed by atoms with Crippen molar-refractivity contribution in [1.82, 2.24) is 9.55 Å². The topological polar surface area (TPSA) is 78.9 Å². The molecular weight excluding hydrogens is 278 g/mol. The van der Waals surface area contributed by atoms with Crippen LogP contribution in [0.1, 0.15) is 22.8 Å². The maximum Gasteiger partial charge on any atom is 0.335 e. The molecular formula is C17H13N3O2. The van der Waals surface area contributed by atoms with Crippen LogP contribution >= 0.6 is 0 Å². The molecule has 1 N–H and O–H groups in total. The Labute approximate surface area is 127 Å². The highest BCUT2D eigenvalue weighted by molar-refractivity contribution is 5.88. The monoisotopic (exact) mass is 291 g/mol. The number of carbonyl (C=O) groups is 1. The van der Waals surface area contributed by atoms with Crippen LogP contribution in [-0.2, 0) is 6.54 Å². The van der Waals surface area contributed by atoms with Crippen LogP contribution < -0.4 is 0 Å². The minimum absolute atomic E-state index is 0.245. The Morgan fingerprint density at radius 1 is 1.27 bits per heavy atom. The largest absolute Gasteiger partial charge is 0.478 e. The van der Waals surface area contributed by atoms with Crippen LogP contribution in [-0.4, -0.2) is 20.6 Å². The molecule has 0 spiro atoms. The molecule has 5 nitrogen and oxygen atoms in total. The summed E-state index contributed by atoms with van der Waals surface area (Å²) in [5.74, 6) is -0.182. The van der Waals surface area contributed by atoms with E-state index >= 15 is 0 Å². The lowest BCUT2D eigenvalue weighted by atomic mass is 10.1. The number of nitrogens with zero attached hydrogens (tertiary/aromatic N) is 3. The smallest absolute Gasteiger partial charge is 0.335 e. The molecule has 108 valence electrons. The highest BCUT2D eigenvalue weighted by atomic mass is 16.4. The van der Waals surface area contributed by atoms with Gasteiger partial charge in [-0.15, -0.1) is 0 Å². The summed E-state index contributed by atoms with van der Waals surface area (Å²) in [4.78, 5) is 15.5. The number of aryl methyl sites for hydroxylation is 1. The van der Waals surface area contributed by atoms with Gasteiger partial charge in [-0.3, -0.25) is 0 Å². The predicted octanol–water partition coefficient (Wildman–Crippen LogP) is 3.29. The molecule has 0 unspecified atom stereocenters. The summed E-state index contributed by atoms with van der Waals surface area (Å²) in [5.41, 5.74) is 3.38. The van der Waals surface area contributed by atoms with Gasteiger partial charge in [0.15, 0.2) is 0 Å². The third kappa shape index (κ3) is 2.21. The molecule has 3 aromatic rings. The second kappa shape index (κ2) is 5.34. The normalized spacial score (nSPS) is 10.5. The van der Waals surface area contributed by atoms with Crippen molar-refractivity contribution in [3.05, 3.63) is 53.6 Å². The number of nitriles is 1. The summed E-state index contributed by atoms with van der Waals surface area (Å²) in [7, 11) is 0. The van der Waals surface area contributed by atoms with Crippen LogP contribution in [0.3, 0.4) is 0 Å².